The highest BCUT2D eigenvalue weighted by Gasteiger charge is 2.48. The third-order valence-corrected chi connectivity index (χ3v) is 7.24. The number of anilines is 1. The van der Waals surface area contributed by atoms with Gasteiger partial charge in [-0.15, -0.1) is 0 Å². The first-order valence-electron chi connectivity index (χ1n) is 12.1. The molecule has 2 heterocycles. The summed E-state index contributed by atoms with van der Waals surface area (Å²) in [5, 5.41) is 11.5. The fourth-order valence-electron chi connectivity index (χ4n) is 4.40. The average molecular weight is 517 g/mol. The number of carbonyl (C=O) groups excluding carboxylic acids is 2. The second kappa shape index (κ2) is 10.5. The lowest BCUT2D eigenvalue weighted by molar-refractivity contribution is -0.132. The molecule has 0 radical (unpaired) electrons. The van der Waals surface area contributed by atoms with Crippen molar-refractivity contribution in [2.45, 2.75) is 32.2 Å². The number of hydrogen-bond donors (Lipinski definition) is 1. The van der Waals surface area contributed by atoms with Gasteiger partial charge in [0.25, 0.3) is 5.78 Å². The molecule has 37 heavy (non-hydrogen) atoms. The summed E-state index contributed by atoms with van der Waals surface area (Å²) in [7, 11) is 0. The number of hydrogen-bond acceptors (Lipinski definition) is 6. The van der Waals surface area contributed by atoms with Crippen molar-refractivity contribution in [2.24, 2.45) is 0 Å². The lowest BCUT2D eigenvalue weighted by atomic mass is 9.95. The molecule has 1 N–H and O–H groups in total. The fraction of sp³-hybridized carbons (Fsp3) is 0.207. The summed E-state index contributed by atoms with van der Waals surface area (Å²) in [4.78, 5) is 32.6. The molecule has 1 saturated heterocycles. The van der Waals surface area contributed by atoms with Crippen molar-refractivity contribution >= 4 is 44.1 Å². The van der Waals surface area contributed by atoms with Crippen molar-refractivity contribution < 1.29 is 23.8 Å². The number of halogens is 1. The van der Waals surface area contributed by atoms with Crippen LogP contribution in [-0.4, -0.2) is 28.4 Å². The summed E-state index contributed by atoms with van der Waals surface area (Å²) in [6, 6.07) is 19.0. The lowest BCUT2D eigenvalue weighted by Gasteiger charge is -2.23. The van der Waals surface area contributed by atoms with Gasteiger partial charge in [-0.2, -0.15) is 0 Å². The number of carbonyl (C=O) groups is 2. The predicted molar refractivity (Wildman–Crippen MR) is 142 cm³/mol. The Morgan fingerprint density at radius 3 is 2.65 bits per heavy atom. The van der Waals surface area contributed by atoms with E-state index in [2.05, 4.69) is 11.9 Å². The average Bonchev–Trinajstić information content (AvgIpc) is 3.44. The standard InChI is InChI=1S/C29H25FN2O4S/c1-2-3-7-15-36-21-12-8-11-19(16-21)25-24(26(33)18-9-5-4-6-10-18)27(34)28(35)32(25)29-31-22-14-13-20(30)17-23(22)37-29/h4-6,8-14,16-17,25,33H,2-3,7,15H2,1H3. The Hall–Kier alpha value is -4.04. The number of ether oxygens (including phenoxy) is 1. The minimum atomic E-state index is -0.940. The number of Topliss-reactive ketones (excluding diaryl/α,β-unsaturated/α-hetero) is 1. The van der Waals surface area contributed by atoms with E-state index >= 15 is 0 Å². The molecule has 188 valence electrons. The molecule has 1 amide bonds. The molecule has 5 rings (SSSR count). The number of nitrogens with zero attached hydrogens (tertiary/aromatic N) is 2. The van der Waals surface area contributed by atoms with Crippen LogP contribution in [0.25, 0.3) is 16.0 Å². The summed E-state index contributed by atoms with van der Waals surface area (Å²) >= 11 is 1.11. The van der Waals surface area contributed by atoms with Gasteiger partial charge >= 0.3 is 5.91 Å². The van der Waals surface area contributed by atoms with E-state index in [0.29, 0.717) is 33.7 Å². The van der Waals surface area contributed by atoms with Crippen molar-refractivity contribution in [1.29, 1.82) is 0 Å². The molecule has 1 unspecified atom stereocenters. The van der Waals surface area contributed by atoms with Crippen LogP contribution in [0.3, 0.4) is 0 Å². The first kappa shape index (κ1) is 24.6. The number of ketones is 1. The largest absolute Gasteiger partial charge is 0.507 e. The maximum absolute atomic E-state index is 13.8. The second-order valence-corrected chi connectivity index (χ2v) is 9.78. The van der Waals surface area contributed by atoms with Crippen LogP contribution in [-0.2, 0) is 9.59 Å². The van der Waals surface area contributed by atoms with E-state index in [1.54, 1.807) is 48.5 Å². The summed E-state index contributed by atoms with van der Waals surface area (Å²) in [5.41, 5.74) is 1.49. The maximum Gasteiger partial charge on any atom is 0.301 e. The third-order valence-electron chi connectivity index (χ3n) is 6.23. The van der Waals surface area contributed by atoms with E-state index in [9.17, 15) is 19.1 Å². The van der Waals surface area contributed by atoms with Crippen LogP contribution in [0.15, 0.2) is 78.4 Å². The number of aliphatic hydroxyl groups is 1. The molecule has 0 aliphatic carbocycles. The van der Waals surface area contributed by atoms with E-state index in [0.717, 1.165) is 30.6 Å². The highest BCUT2D eigenvalue weighted by molar-refractivity contribution is 7.22. The van der Waals surface area contributed by atoms with Crippen molar-refractivity contribution in [3.63, 3.8) is 0 Å². The Bertz CT molecular complexity index is 1500. The molecule has 1 fully saturated rings. The van der Waals surface area contributed by atoms with E-state index < -0.39 is 23.5 Å². The van der Waals surface area contributed by atoms with Gasteiger partial charge in [0.1, 0.15) is 17.3 Å². The van der Waals surface area contributed by atoms with Crippen molar-refractivity contribution in [3.05, 3.63) is 95.3 Å². The van der Waals surface area contributed by atoms with Crippen molar-refractivity contribution in [2.75, 3.05) is 11.5 Å². The Kier molecular flexibility index (Phi) is 7.01. The summed E-state index contributed by atoms with van der Waals surface area (Å²) in [6.45, 7) is 2.66. The van der Waals surface area contributed by atoms with Crippen LogP contribution >= 0.6 is 11.3 Å². The van der Waals surface area contributed by atoms with Gasteiger partial charge in [-0.1, -0.05) is 73.6 Å². The molecule has 3 aromatic carbocycles. The van der Waals surface area contributed by atoms with E-state index in [1.165, 1.54) is 23.1 Å². The van der Waals surface area contributed by atoms with Crippen LogP contribution in [0.2, 0.25) is 0 Å². The minimum absolute atomic E-state index is 0.0373. The van der Waals surface area contributed by atoms with Gasteiger partial charge in [-0.05, 0) is 42.3 Å². The van der Waals surface area contributed by atoms with Gasteiger partial charge in [0.05, 0.1) is 28.4 Å². The number of thiazole rings is 1. The second-order valence-electron chi connectivity index (χ2n) is 8.77. The molecule has 1 aliphatic rings. The van der Waals surface area contributed by atoms with Gasteiger partial charge in [-0.3, -0.25) is 14.5 Å². The zero-order valence-corrected chi connectivity index (χ0v) is 21.0. The molecule has 0 saturated carbocycles. The zero-order valence-electron chi connectivity index (χ0n) is 20.2. The summed E-state index contributed by atoms with van der Waals surface area (Å²) in [6.07, 6.45) is 3.04. The first-order chi connectivity index (χ1) is 18.0. The molecule has 1 atom stereocenters. The van der Waals surface area contributed by atoms with Gasteiger partial charge in [-0.25, -0.2) is 9.37 Å². The quantitative estimate of drug-likeness (QED) is 0.123. The third kappa shape index (κ3) is 4.84. The SMILES string of the molecule is CCCCCOc1cccc(C2C(=C(O)c3ccccc3)C(=O)C(=O)N2c2nc3ccc(F)cc3s2)c1. The molecule has 0 bridgehead atoms. The Morgan fingerprint density at radius 2 is 1.86 bits per heavy atom. The molecular formula is C29H25FN2O4S. The van der Waals surface area contributed by atoms with Crippen LogP contribution in [0, 0.1) is 5.82 Å². The molecule has 0 spiro atoms. The zero-order chi connectivity index (χ0) is 25.9. The molecule has 8 heteroatoms. The van der Waals surface area contributed by atoms with Crippen molar-refractivity contribution in [1.82, 2.24) is 4.98 Å². The number of fused-ring (bicyclic) bond motifs is 1. The van der Waals surface area contributed by atoms with E-state index in [1.807, 2.05) is 6.07 Å². The molecule has 1 aliphatic heterocycles. The van der Waals surface area contributed by atoms with Gasteiger partial charge in [0.2, 0.25) is 0 Å². The molecule has 6 nitrogen and oxygen atoms in total. The summed E-state index contributed by atoms with van der Waals surface area (Å²) < 4.78 is 20.3. The normalized spacial score (nSPS) is 17.0. The first-order valence-corrected chi connectivity index (χ1v) is 12.9. The monoisotopic (exact) mass is 516 g/mol. The number of amides is 1. The smallest absolute Gasteiger partial charge is 0.301 e. The minimum Gasteiger partial charge on any atom is -0.507 e. The Labute approximate surface area is 217 Å². The van der Waals surface area contributed by atoms with E-state index in [-0.39, 0.29) is 16.5 Å². The number of unbranched alkanes of at least 4 members (excludes halogenated alkanes) is 2. The van der Waals surface area contributed by atoms with Crippen LogP contribution in [0.5, 0.6) is 5.75 Å². The molecule has 4 aromatic rings. The van der Waals surface area contributed by atoms with Crippen LogP contribution in [0.4, 0.5) is 9.52 Å². The summed E-state index contributed by atoms with van der Waals surface area (Å²) in [5.74, 6) is -1.71. The highest BCUT2D eigenvalue weighted by atomic mass is 32.1. The highest BCUT2D eigenvalue weighted by Crippen LogP contribution is 2.44. The van der Waals surface area contributed by atoms with Crippen molar-refractivity contribution in [3.8, 4) is 5.75 Å². The number of rotatable bonds is 8. The number of aliphatic hydroxyl groups excluding tert-OH is 1. The molecule has 1 aromatic heterocycles. The van der Waals surface area contributed by atoms with Gasteiger partial charge in [0, 0.05) is 5.56 Å². The fourth-order valence-corrected chi connectivity index (χ4v) is 5.42. The van der Waals surface area contributed by atoms with Gasteiger partial charge < -0.3 is 9.84 Å². The predicted octanol–water partition coefficient (Wildman–Crippen LogP) is 6.63. The van der Waals surface area contributed by atoms with Crippen LogP contribution in [0.1, 0.15) is 43.4 Å². The maximum atomic E-state index is 13.8. The lowest BCUT2D eigenvalue weighted by Crippen LogP contribution is -2.29. The number of benzene rings is 3. The van der Waals surface area contributed by atoms with E-state index in [4.69, 9.17) is 4.74 Å². The Morgan fingerprint density at radius 1 is 1.05 bits per heavy atom. The van der Waals surface area contributed by atoms with Crippen LogP contribution < -0.4 is 9.64 Å². The van der Waals surface area contributed by atoms with Gasteiger partial charge in [0.15, 0.2) is 5.13 Å². The number of aromatic nitrogens is 1. The Balaban J connectivity index is 1.64. The topological polar surface area (TPSA) is 79.7 Å². The molecular weight excluding hydrogens is 491 g/mol.